The van der Waals surface area contributed by atoms with Crippen molar-refractivity contribution in [1.29, 1.82) is 0 Å². The van der Waals surface area contributed by atoms with Crippen molar-refractivity contribution in [2.45, 2.75) is 31.7 Å². The van der Waals surface area contributed by atoms with Gasteiger partial charge in [0.25, 0.3) is 0 Å². The molecule has 0 unspecified atom stereocenters. The van der Waals surface area contributed by atoms with Gasteiger partial charge < -0.3 is 0 Å². The Balaban J connectivity index is 0.000000366. The lowest BCUT2D eigenvalue weighted by Crippen LogP contribution is -2.21. The van der Waals surface area contributed by atoms with E-state index in [0.717, 1.165) is 0 Å². The topological polar surface area (TPSA) is 54.4 Å². The van der Waals surface area contributed by atoms with Crippen LogP contribution >= 0.6 is 7.92 Å². The van der Waals surface area contributed by atoms with E-state index in [1.165, 1.54) is 40.7 Å². The first-order valence-electron chi connectivity index (χ1n) is 9.74. The summed E-state index contributed by atoms with van der Waals surface area (Å²) in [4.78, 5) is 0. The Morgan fingerprint density at radius 1 is 0.774 bits per heavy atom. The largest absolute Gasteiger partial charge is 0.522 e. The van der Waals surface area contributed by atoms with Gasteiger partial charge >= 0.3 is 15.6 Å². The number of hydrogen-bond acceptors (Lipinski definition) is 2. The maximum Gasteiger partial charge on any atom is 0.522 e. The molecule has 3 rings (SSSR count). The minimum Gasteiger partial charge on any atom is -0.279 e. The maximum atomic E-state index is 10.7. The first kappa shape index (κ1) is 25.1. The van der Waals surface area contributed by atoms with Crippen molar-refractivity contribution in [3.05, 3.63) is 90.5 Å². The smallest absolute Gasteiger partial charge is 0.279 e. The van der Waals surface area contributed by atoms with Crippen LogP contribution in [0, 0.1) is 0 Å². The summed E-state index contributed by atoms with van der Waals surface area (Å²) in [6, 6.07) is 31.2. The zero-order valence-electron chi connectivity index (χ0n) is 17.0. The highest BCUT2D eigenvalue weighted by Crippen LogP contribution is 2.32. The average Bonchev–Trinajstić information content (AvgIpc) is 2.74. The van der Waals surface area contributed by atoms with E-state index in [-0.39, 0.29) is 0 Å². The summed E-state index contributed by atoms with van der Waals surface area (Å²) < 4.78 is 57.5. The molecular formula is C23H25F3O3PS+. The van der Waals surface area contributed by atoms with Gasteiger partial charge in [0.1, 0.15) is 15.9 Å². The molecule has 1 N–H and O–H groups in total. The second kappa shape index (κ2) is 11.4. The number of aryl methyl sites for hydroxylation is 1. The van der Waals surface area contributed by atoms with Gasteiger partial charge in [-0.1, -0.05) is 61.9 Å². The first-order valence-corrected chi connectivity index (χ1v) is 12.7. The van der Waals surface area contributed by atoms with Crippen molar-refractivity contribution in [1.82, 2.24) is 0 Å². The molecule has 0 amide bonds. The van der Waals surface area contributed by atoms with Crippen LogP contribution in [-0.4, -0.2) is 18.5 Å². The third-order valence-corrected chi connectivity index (χ3v) is 7.80. The fourth-order valence-electron chi connectivity index (χ4n) is 2.93. The predicted molar refractivity (Wildman–Crippen MR) is 123 cm³/mol. The molecular weight excluding hydrogens is 444 g/mol. The molecule has 0 heterocycles. The van der Waals surface area contributed by atoms with Crippen LogP contribution in [0.15, 0.2) is 84.9 Å². The number of hydrogen-bond donors (Lipinski definition) is 1. The lowest BCUT2D eigenvalue weighted by molar-refractivity contribution is -0.0510. The van der Waals surface area contributed by atoms with Gasteiger partial charge in [0.2, 0.25) is 0 Å². The number of unbranched alkanes of at least 4 members (excludes halogenated alkanes) is 1. The number of alkyl halides is 3. The van der Waals surface area contributed by atoms with Crippen LogP contribution in [0.1, 0.15) is 25.3 Å². The van der Waals surface area contributed by atoms with Crippen molar-refractivity contribution in [2.24, 2.45) is 0 Å². The minimum absolute atomic E-state index is 0.914. The van der Waals surface area contributed by atoms with Gasteiger partial charge in [-0.2, -0.15) is 21.6 Å². The molecule has 3 aromatic carbocycles. The molecule has 3 aromatic rings. The van der Waals surface area contributed by atoms with Gasteiger partial charge in [-0.3, -0.25) is 4.55 Å². The van der Waals surface area contributed by atoms with Gasteiger partial charge in [-0.15, -0.1) is 0 Å². The quantitative estimate of drug-likeness (QED) is 0.317. The van der Waals surface area contributed by atoms with Crippen LogP contribution in [-0.2, 0) is 16.5 Å². The molecule has 166 valence electrons. The Morgan fingerprint density at radius 3 is 1.52 bits per heavy atom. The Hall–Kier alpha value is -2.21. The monoisotopic (exact) mass is 469 g/mol. The lowest BCUT2D eigenvalue weighted by atomic mass is 10.1. The Kier molecular flexibility index (Phi) is 9.23. The number of rotatable bonds is 6. The molecule has 0 atom stereocenters. The molecule has 0 spiro atoms. The molecule has 0 aromatic heterocycles. The number of benzene rings is 3. The Labute approximate surface area is 182 Å². The second-order valence-corrected chi connectivity index (χ2v) is 10.7. The average molecular weight is 469 g/mol. The third kappa shape index (κ3) is 7.76. The van der Waals surface area contributed by atoms with Crippen LogP contribution in [0.25, 0.3) is 0 Å². The van der Waals surface area contributed by atoms with E-state index < -0.39 is 23.5 Å². The molecule has 0 fully saturated rings. The highest BCUT2D eigenvalue weighted by molar-refractivity contribution is 7.86. The van der Waals surface area contributed by atoms with E-state index in [9.17, 15) is 13.2 Å². The van der Waals surface area contributed by atoms with E-state index >= 15 is 0 Å². The molecule has 0 aliphatic carbocycles. The van der Waals surface area contributed by atoms with E-state index in [0.29, 0.717) is 0 Å². The van der Waals surface area contributed by atoms with Crippen molar-refractivity contribution in [3.8, 4) is 0 Å². The second-order valence-electron chi connectivity index (χ2n) is 6.83. The molecule has 0 bridgehead atoms. The third-order valence-electron chi connectivity index (χ3n) is 4.48. The SMILES string of the molecule is CCCCc1ccc([PH+](c2ccccc2)c2ccccc2)cc1.O=S(=O)(O)C(F)(F)F. The first-order chi connectivity index (χ1) is 14.6. The number of halogens is 3. The Morgan fingerprint density at radius 2 is 1.16 bits per heavy atom. The summed E-state index contributed by atoms with van der Waals surface area (Å²) in [5, 5.41) is 4.36. The van der Waals surface area contributed by atoms with E-state index in [1.807, 2.05) is 0 Å². The summed E-state index contributed by atoms with van der Waals surface area (Å²) in [7, 11) is -6.75. The summed E-state index contributed by atoms with van der Waals surface area (Å²) >= 11 is 0. The zero-order valence-corrected chi connectivity index (χ0v) is 18.8. The van der Waals surface area contributed by atoms with Crippen LogP contribution in [0.4, 0.5) is 13.2 Å². The van der Waals surface area contributed by atoms with Crippen molar-refractivity contribution < 1.29 is 26.1 Å². The van der Waals surface area contributed by atoms with Crippen molar-refractivity contribution in [3.63, 3.8) is 0 Å². The normalized spacial score (nSPS) is 11.7. The van der Waals surface area contributed by atoms with Gasteiger partial charge in [0.05, 0.1) is 7.92 Å². The van der Waals surface area contributed by atoms with Gasteiger partial charge in [-0.05, 0) is 54.8 Å². The fourth-order valence-corrected chi connectivity index (χ4v) is 5.48. The zero-order chi connectivity index (χ0) is 22.9. The maximum absolute atomic E-state index is 10.7. The standard InChI is InChI=1S/C22H23P.CHF3O3S/c1-2-3-10-19-15-17-22(18-16-19)23(20-11-6-4-7-12-20)21-13-8-5-9-14-21;2-1(3,4)8(5,6)7/h4-9,11-18H,2-3,10H2,1H3;(H,5,6,7)/p+1. The van der Waals surface area contributed by atoms with Crippen LogP contribution in [0.3, 0.4) is 0 Å². The minimum atomic E-state index is -5.84. The highest BCUT2D eigenvalue weighted by Gasteiger charge is 2.44. The molecule has 31 heavy (non-hydrogen) atoms. The van der Waals surface area contributed by atoms with Crippen LogP contribution < -0.4 is 15.9 Å². The molecule has 0 saturated heterocycles. The van der Waals surface area contributed by atoms with E-state index in [2.05, 4.69) is 91.9 Å². The van der Waals surface area contributed by atoms with Gasteiger partial charge in [-0.25, -0.2) is 0 Å². The van der Waals surface area contributed by atoms with Crippen LogP contribution in [0.2, 0.25) is 0 Å². The summed E-state index contributed by atoms with van der Waals surface area (Å²) in [5.74, 6) is 0. The lowest BCUT2D eigenvalue weighted by Gasteiger charge is -2.11. The molecule has 0 radical (unpaired) electrons. The molecule has 8 heteroatoms. The van der Waals surface area contributed by atoms with Gasteiger partial charge in [0, 0.05) is 0 Å². The van der Waals surface area contributed by atoms with Gasteiger partial charge in [0.15, 0.2) is 0 Å². The fraction of sp³-hybridized carbons (Fsp3) is 0.217. The summed E-state index contributed by atoms with van der Waals surface area (Å²) in [6.07, 6.45) is 3.72. The van der Waals surface area contributed by atoms with E-state index in [4.69, 9.17) is 13.0 Å². The molecule has 0 saturated carbocycles. The Bertz CT molecular complexity index is 984. The molecule has 3 nitrogen and oxygen atoms in total. The van der Waals surface area contributed by atoms with Crippen molar-refractivity contribution >= 4 is 34.0 Å². The van der Waals surface area contributed by atoms with Crippen molar-refractivity contribution in [2.75, 3.05) is 0 Å². The summed E-state index contributed by atoms with van der Waals surface area (Å²) in [6.45, 7) is 2.25. The predicted octanol–water partition coefficient (Wildman–Crippen LogP) is 4.91. The van der Waals surface area contributed by atoms with Crippen LogP contribution in [0.5, 0.6) is 0 Å². The van der Waals surface area contributed by atoms with E-state index in [1.54, 1.807) is 0 Å². The molecule has 0 aliphatic rings. The highest BCUT2D eigenvalue weighted by atomic mass is 32.2. The summed E-state index contributed by atoms with van der Waals surface area (Å²) in [5.41, 5.74) is -4.08. The molecule has 0 aliphatic heterocycles.